The SMILES string of the molecule is C/C=C(F)\C(=C/C=NC)C/C(=C/C=N)c1[nH]ccc1-c1cccs1. The molecule has 0 spiro atoms. The highest BCUT2D eigenvalue weighted by atomic mass is 32.1. The summed E-state index contributed by atoms with van der Waals surface area (Å²) in [6, 6.07) is 6.05. The second-order valence-corrected chi connectivity index (χ2v) is 5.96. The predicted molar refractivity (Wildman–Crippen MR) is 103 cm³/mol. The van der Waals surface area contributed by atoms with Crippen LogP contribution in [0, 0.1) is 5.41 Å². The average molecular weight is 341 g/mol. The van der Waals surface area contributed by atoms with Crippen molar-refractivity contribution in [3.05, 3.63) is 65.1 Å². The number of nitrogens with one attached hydrogen (secondary N) is 2. The maximum atomic E-state index is 14.2. The fourth-order valence-corrected chi connectivity index (χ4v) is 3.14. The van der Waals surface area contributed by atoms with Crippen LogP contribution in [0.15, 0.2) is 64.4 Å². The molecule has 0 bridgehead atoms. The van der Waals surface area contributed by atoms with Gasteiger partial charge in [0, 0.05) is 42.5 Å². The molecule has 2 N–H and O–H groups in total. The molecule has 0 aliphatic rings. The fourth-order valence-electron chi connectivity index (χ4n) is 2.38. The summed E-state index contributed by atoms with van der Waals surface area (Å²) in [5.41, 5.74) is 3.35. The predicted octanol–water partition coefficient (Wildman–Crippen LogP) is 5.67. The van der Waals surface area contributed by atoms with Crippen LogP contribution in [0.1, 0.15) is 19.0 Å². The first-order valence-electron chi connectivity index (χ1n) is 7.56. The normalized spacial score (nSPS) is 13.7. The Kier molecular flexibility index (Phi) is 6.63. The quantitative estimate of drug-likeness (QED) is 0.482. The highest BCUT2D eigenvalue weighted by molar-refractivity contribution is 7.13. The van der Waals surface area contributed by atoms with Crippen LogP contribution in [0.4, 0.5) is 4.39 Å². The molecule has 2 heterocycles. The van der Waals surface area contributed by atoms with E-state index >= 15 is 0 Å². The van der Waals surface area contributed by atoms with Gasteiger partial charge in [-0.3, -0.25) is 4.99 Å². The van der Waals surface area contributed by atoms with E-state index in [0.717, 1.165) is 21.7 Å². The Hall–Kier alpha value is -2.53. The summed E-state index contributed by atoms with van der Waals surface area (Å²) >= 11 is 1.65. The molecule has 2 aromatic rings. The molecule has 2 aromatic heterocycles. The fraction of sp³-hybridized carbons (Fsp3) is 0.158. The Morgan fingerprint density at radius 3 is 2.83 bits per heavy atom. The van der Waals surface area contributed by atoms with E-state index < -0.39 is 0 Å². The van der Waals surface area contributed by atoms with Crippen molar-refractivity contribution in [3.8, 4) is 10.4 Å². The molecule has 24 heavy (non-hydrogen) atoms. The minimum absolute atomic E-state index is 0.282. The summed E-state index contributed by atoms with van der Waals surface area (Å²) in [6.07, 6.45) is 9.85. The number of H-pyrrole nitrogens is 1. The lowest BCUT2D eigenvalue weighted by molar-refractivity contribution is 0.645. The summed E-state index contributed by atoms with van der Waals surface area (Å²) in [6.45, 7) is 1.66. The number of aromatic nitrogens is 1. The van der Waals surface area contributed by atoms with E-state index in [1.807, 2.05) is 29.8 Å². The van der Waals surface area contributed by atoms with Crippen LogP contribution in [0.5, 0.6) is 0 Å². The van der Waals surface area contributed by atoms with Crippen LogP contribution in [0.2, 0.25) is 0 Å². The second-order valence-electron chi connectivity index (χ2n) is 5.01. The standard InChI is InChI=1S/C19H20FN3S/c1-3-17(20)14(7-10-22-2)13-15(6-9-21)19-16(8-11-23-19)18-5-4-12-24-18/h3-12,21,23H,13H2,1-2H3/b14-7-,15-6-,17-3+,21-9?,22-10?. The average Bonchev–Trinajstić information content (AvgIpc) is 3.27. The Morgan fingerprint density at radius 1 is 1.38 bits per heavy atom. The first-order chi connectivity index (χ1) is 11.7. The first kappa shape index (κ1) is 17.8. The van der Waals surface area contributed by atoms with E-state index in [2.05, 4.69) is 9.98 Å². The van der Waals surface area contributed by atoms with Crippen molar-refractivity contribution in [3.63, 3.8) is 0 Å². The van der Waals surface area contributed by atoms with Gasteiger partial charge in [0.05, 0.1) is 5.69 Å². The van der Waals surface area contributed by atoms with Gasteiger partial charge < -0.3 is 10.4 Å². The zero-order valence-corrected chi connectivity index (χ0v) is 14.5. The monoisotopic (exact) mass is 341 g/mol. The van der Waals surface area contributed by atoms with Crippen LogP contribution in [0.25, 0.3) is 16.0 Å². The summed E-state index contributed by atoms with van der Waals surface area (Å²) in [5, 5.41) is 9.47. The van der Waals surface area contributed by atoms with Crippen LogP contribution in [-0.4, -0.2) is 24.5 Å². The molecule has 0 saturated heterocycles. The zero-order chi connectivity index (χ0) is 17.4. The Labute approximate surface area is 145 Å². The molecule has 0 aromatic carbocycles. The lowest BCUT2D eigenvalue weighted by atomic mass is 9.98. The molecule has 0 atom stereocenters. The molecule has 124 valence electrons. The number of allylic oxidation sites excluding steroid dienone is 6. The van der Waals surface area contributed by atoms with Crippen LogP contribution in [-0.2, 0) is 0 Å². The van der Waals surface area contributed by atoms with Gasteiger partial charge in [0.2, 0.25) is 0 Å². The lowest BCUT2D eigenvalue weighted by Crippen LogP contribution is -1.94. The number of rotatable bonds is 7. The van der Waals surface area contributed by atoms with E-state index in [1.54, 1.807) is 43.7 Å². The smallest absolute Gasteiger partial charge is 0.122 e. The van der Waals surface area contributed by atoms with Gasteiger partial charge in [0.25, 0.3) is 0 Å². The Morgan fingerprint density at radius 2 is 2.21 bits per heavy atom. The van der Waals surface area contributed by atoms with E-state index in [-0.39, 0.29) is 5.83 Å². The molecule has 0 amide bonds. The largest absolute Gasteiger partial charge is 0.361 e. The highest BCUT2D eigenvalue weighted by Crippen LogP contribution is 2.34. The van der Waals surface area contributed by atoms with Crippen molar-refractivity contribution >= 4 is 29.3 Å². The minimum atomic E-state index is -0.282. The van der Waals surface area contributed by atoms with Crippen molar-refractivity contribution in [2.75, 3.05) is 7.05 Å². The number of thiophene rings is 1. The number of halogens is 1. The molecule has 0 saturated carbocycles. The number of aliphatic imine (C=N–C) groups is 1. The summed E-state index contributed by atoms with van der Waals surface area (Å²) in [5.74, 6) is -0.282. The third-order valence-corrected chi connectivity index (χ3v) is 4.41. The van der Waals surface area contributed by atoms with Gasteiger partial charge in [0.1, 0.15) is 5.83 Å². The van der Waals surface area contributed by atoms with Gasteiger partial charge in [-0.25, -0.2) is 4.39 Å². The third kappa shape index (κ3) is 4.26. The molecule has 0 radical (unpaired) electrons. The van der Waals surface area contributed by atoms with Gasteiger partial charge in [-0.1, -0.05) is 12.1 Å². The van der Waals surface area contributed by atoms with Crippen LogP contribution < -0.4 is 0 Å². The zero-order valence-electron chi connectivity index (χ0n) is 13.7. The van der Waals surface area contributed by atoms with Crippen molar-refractivity contribution in [2.24, 2.45) is 4.99 Å². The third-order valence-electron chi connectivity index (χ3n) is 3.51. The van der Waals surface area contributed by atoms with Gasteiger partial charge in [-0.05, 0) is 47.7 Å². The van der Waals surface area contributed by atoms with Crippen LogP contribution >= 0.6 is 11.3 Å². The number of hydrogen-bond donors (Lipinski definition) is 2. The van der Waals surface area contributed by atoms with Crippen molar-refractivity contribution in [1.82, 2.24) is 4.98 Å². The lowest BCUT2D eigenvalue weighted by Gasteiger charge is -2.10. The molecule has 3 nitrogen and oxygen atoms in total. The van der Waals surface area contributed by atoms with Crippen molar-refractivity contribution < 1.29 is 4.39 Å². The van der Waals surface area contributed by atoms with E-state index in [0.29, 0.717) is 12.0 Å². The van der Waals surface area contributed by atoms with Crippen molar-refractivity contribution in [1.29, 1.82) is 5.41 Å². The van der Waals surface area contributed by atoms with Gasteiger partial charge >= 0.3 is 0 Å². The molecule has 0 fully saturated rings. The van der Waals surface area contributed by atoms with Gasteiger partial charge in [-0.15, -0.1) is 11.3 Å². The molecular formula is C19H20FN3S. The van der Waals surface area contributed by atoms with Crippen LogP contribution in [0.3, 0.4) is 0 Å². The van der Waals surface area contributed by atoms with Gasteiger partial charge in [0.15, 0.2) is 0 Å². The maximum Gasteiger partial charge on any atom is 0.122 e. The van der Waals surface area contributed by atoms with Crippen molar-refractivity contribution in [2.45, 2.75) is 13.3 Å². The molecule has 5 heteroatoms. The highest BCUT2D eigenvalue weighted by Gasteiger charge is 2.14. The number of aromatic amines is 1. The number of nitrogens with zero attached hydrogens (tertiary/aromatic N) is 1. The van der Waals surface area contributed by atoms with E-state index in [1.165, 1.54) is 12.3 Å². The summed E-state index contributed by atoms with van der Waals surface area (Å²) in [7, 11) is 1.65. The summed E-state index contributed by atoms with van der Waals surface area (Å²) < 4.78 is 14.2. The van der Waals surface area contributed by atoms with E-state index in [4.69, 9.17) is 5.41 Å². The minimum Gasteiger partial charge on any atom is -0.361 e. The molecule has 0 aliphatic heterocycles. The van der Waals surface area contributed by atoms with Gasteiger partial charge in [-0.2, -0.15) is 0 Å². The van der Waals surface area contributed by atoms with E-state index in [9.17, 15) is 4.39 Å². The molecule has 0 unspecified atom stereocenters. The molecule has 0 aliphatic carbocycles. The topological polar surface area (TPSA) is 52.0 Å². The number of hydrogen-bond acceptors (Lipinski definition) is 3. The molecule has 2 rings (SSSR count). The first-order valence-corrected chi connectivity index (χ1v) is 8.44. The molecular weight excluding hydrogens is 321 g/mol. The summed E-state index contributed by atoms with van der Waals surface area (Å²) in [4.78, 5) is 8.26. The second kappa shape index (κ2) is 8.93. The maximum absolute atomic E-state index is 14.2. The Bertz CT molecular complexity index is 792. The Balaban J connectivity index is 2.43.